The summed E-state index contributed by atoms with van der Waals surface area (Å²) in [4.78, 5) is 27.6. The molecule has 1 aliphatic rings. The maximum Gasteiger partial charge on any atom is 0.271 e. The molecule has 7 heteroatoms. The number of fused-ring (bicyclic) bond motifs is 1. The van der Waals surface area contributed by atoms with Gasteiger partial charge in [0.2, 0.25) is 0 Å². The normalized spacial score (nSPS) is 17.6. The van der Waals surface area contributed by atoms with Crippen molar-refractivity contribution in [2.45, 2.75) is 12.5 Å². The highest BCUT2D eigenvalue weighted by molar-refractivity contribution is 7.13. The fraction of sp³-hybridized carbons (Fsp3) is 0.250. The second-order valence-electron chi connectivity index (χ2n) is 5.46. The number of hydrogen-bond donors (Lipinski definition) is 1. The number of nitrogens with zero attached hydrogens (tertiary/aromatic N) is 4. The summed E-state index contributed by atoms with van der Waals surface area (Å²) in [5, 5.41) is 6.02. The van der Waals surface area contributed by atoms with Crippen molar-refractivity contribution in [3.8, 4) is 0 Å². The van der Waals surface area contributed by atoms with Gasteiger partial charge >= 0.3 is 0 Å². The lowest BCUT2D eigenvalue weighted by Crippen LogP contribution is -2.37. The fourth-order valence-electron chi connectivity index (χ4n) is 2.75. The molecule has 3 aromatic rings. The zero-order valence-electron chi connectivity index (χ0n) is 12.3. The average Bonchev–Trinajstić information content (AvgIpc) is 3.25. The van der Waals surface area contributed by atoms with Crippen molar-refractivity contribution >= 4 is 33.4 Å². The first-order valence-electron chi connectivity index (χ1n) is 7.47. The quantitative estimate of drug-likeness (QED) is 0.798. The molecule has 116 valence electrons. The molecule has 0 spiro atoms. The molecule has 4 rings (SSSR count). The van der Waals surface area contributed by atoms with Crippen LogP contribution in [-0.4, -0.2) is 40.0 Å². The molecular weight excluding hydrogens is 310 g/mol. The Morgan fingerprint density at radius 3 is 2.96 bits per heavy atom. The number of amides is 1. The Bertz CT molecular complexity index is 835. The Kier molecular flexibility index (Phi) is 3.63. The molecule has 0 radical (unpaired) electrons. The van der Waals surface area contributed by atoms with E-state index in [1.165, 1.54) is 6.20 Å². The summed E-state index contributed by atoms with van der Waals surface area (Å²) in [6, 6.07) is 7.65. The maximum atomic E-state index is 12.4. The highest BCUT2D eigenvalue weighted by atomic mass is 32.1. The van der Waals surface area contributed by atoms with Crippen molar-refractivity contribution in [3.05, 3.63) is 47.7 Å². The van der Waals surface area contributed by atoms with E-state index in [0.717, 1.165) is 35.7 Å². The van der Waals surface area contributed by atoms with E-state index >= 15 is 0 Å². The third-order valence-corrected chi connectivity index (χ3v) is 4.73. The minimum atomic E-state index is -0.172. The molecule has 1 aromatic carbocycles. The number of nitrogens with one attached hydrogen (secondary N) is 1. The van der Waals surface area contributed by atoms with Gasteiger partial charge in [-0.25, -0.2) is 9.97 Å². The minimum Gasteiger partial charge on any atom is -0.346 e. The molecule has 1 fully saturated rings. The number of hydrogen-bond acceptors (Lipinski definition) is 6. The number of anilines is 1. The van der Waals surface area contributed by atoms with Crippen LogP contribution in [0.4, 0.5) is 5.13 Å². The van der Waals surface area contributed by atoms with Crippen molar-refractivity contribution in [1.29, 1.82) is 0 Å². The molecule has 23 heavy (non-hydrogen) atoms. The second kappa shape index (κ2) is 5.92. The van der Waals surface area contributed by atoms with E-state index in [0.29, 0.717) is 5.69 Å². The van der Waals surface area contributed by atoms with Gasteiger partial charge in [-0.15, -0.1) is 11.3 Å². The first kappa shape index (κ1) is 14.1. The summed E-state index contributed by atoms with van der Waals surface area (Å²) in [6.45, 7) is 1.68. The van der Waals surface area contributed by atoms with Crippen molar-refractivity contribution in [2.24, 2.45) is 0 Å². The summed E-state index contributed by atoms with van der Waals surface area (Å²) in [5.74, 6) is -0.172. The highest BCUT2D eigenvalue weighted by Crippen LogP contribution is 2.22. The third kappa shape index (κ3) is 2.87. The number of benzene rings is 1. The SMILES string of the molecule is O=C(NC1CCN(c2nccs2)C1)c1cnc2ccccc2n1. The van der Waals surface area contributed by atoms with Gasteiger partial charge in [-0.3, -0.25) is 9.78 Å². The molecule has 3 heterocycles. The van der Waals surface area contributed by atoms with Crippen LogP contribution in [0.5, 0.6) is 0 Å². The van der Waals surface area contributed by atoms with Crippen molar-refractivity contribution < 1.29 is 4.79 Å². The number of thiazole rings is 1. The number of carbonyl (C=O) groups is 1. The zero-order valence-corrected chi connectivity index (χ0v) is 13.2. The fourth-order valence-corrected chi connectivity index (χ4v) is 3.43. The van der Waals surface area contributed by atoms with E-state index in [2.05, 4.69) is 25.2 Å². The van der Waals surface area contributed by atoms with Crippen LogP contribution in [0.25, 0.3) is 11.0 Å². The topological polar surface area (TPSA) is 71.0 Å². The summed E-state index contributed by atoms with van der Waals surface area (Å²) >= 11 is 1.62. The largest absolute Gasteiger partial charge is 0.346 e. The highest BCUT2D eigenvalue weighted by Gasteiger charge is 2.26. The first-order chi connectivity index (χ1) is 11.3. The van der Waals surface area contributed by atoms with E-state index in [1.807, 2.05) is 29.6 Å². The summed E-state index contributed by atoms with van der Waals surface area (Å²) < 4.78 is 0. The monoisotopic (exact) mass is 325 g/mol. The van der Waals surface area contributed by atoms with Gasteiger partial charge in [0.05, 0.1) is 17.2 Å². The van der Waals surface area contributed by atoms with Crippen molar-refractivity contribution in [2.75, 3.05) is 18.0 Å². The minimum absolute atomic E-state index is 0.111. The van der Waals surface area contributed by atoms with Crippen molar-refractivity contribution in [3.63, 3.8) is 0 Å². The van der Waals surface area contributed by atoms with Crippen LogP contribution in [0.15, 0.2) is 42.0 Å². The number of aromatic nitrogens is 3. The summed E-state index contributed by atoms with van der Waals surface area (Å²) in [5.41, 5.74) is 1.88. The van der Waals surface area contributed by atoms with Gasteiger partial charge < -0.3 is 10.2 Å². The van der Waals surface area contributed by atoms with Crippen LogP contribution in [0.1, 0.15) is 16.9 Å². The Labute approximate surface area is 137 Å². The molecule has 2 aromatic heterocycles. The summed E-state index contributed by atoms with van der Waals surface area (Å²) in [7, 11) is 0. The number of para-hydroxylation sites is 2. The van der Waals surface area contributed by atoms with Gasteiger partial charge in [0, 0.05) is 30.7 Å². The standard InChI is InChI=1S/C16H15N5OS/c22-15(14-9-18-12-3-1-2-4-13(12)20-14)19-11-5-7-21(10-11)16-17-6-8-23-16/h1-4,6,8-9,11H,5,7,10H2,(H,19,22). The van der Waals surface area contributed by atoms with E-state index in [4.69, 9.17) is 0 Å². The average molecular weight is 325 g/mol. The molecule has 0 saturated carbocycles. The summed E-state index contributed by atoms with van der Waals surface area (Å²) in [6.07, 6.45) is 4.24. The van der Waals surface area contributed by atoms with Gasteiger partial charge in [0.25, 0.3) is 5.91 Å². The van der Waals surface area contributed by atoms with Gasteiger partial charge in [0.15, 0.2) is 5.13 Å². The second-order valence-corrected chi connectivity index (χ2v) is 6.34. The third-order valence-electron chi connectivity index (χ3n) is 3.89. The van der Waals surface area contributed by atoms with Crippen LogP contribution in [0.2, 0.25) is 0 Å². The molecular formula is C16H15N5OS. The van der Waals surface area contributed by atoms with Gasteiger partial charge in [-0.2, -0.15) is 0 Å². The Morgan fingerprint density at radius 2 is 2.13 bits per heavy atom. The van der Waals surface area contributed by atoms with Crippen LogP contribution < -0.4 is 10.2 Å². The lowest BCUT2D eigenvalue weighted by atomic mass is 10.2. The van der Waals surface area contributed by atoms with Gasteiger partial charge in [-0.1, -0.05) is 12.1 Å². The lowest BCUT2D eigenvalue weighted by molar-refractivity contribution is 0.0935. The smallest absolute Gasteiger partial charge is 0.271 e. The van der Waals surface area contributed by atoms with E-state index in [9.17, 15) is 4.79 Å². The lowest BCUT2D eigenvalue weighted by Gasteiger charge is -2.15. The molecule has 1 saturated heterocycles. The predicted octanol–water partition coefficient (Wildman–Crippen LogP) is 2.09. The Morgan fingerprint density at radius 1 is 1.26 bits per heavy atom. The molecule has 1 N–H and O–H groups in total. The van der Waals surface area contributed by atoms with Crippen LogP contribution >= 0.6 is 11.3 Å². The molecule has 0 bridgehead atoms. The molecule has 0 aliphatic carbocycles. The van der Waals surface area contributed by atoms with Crippen LogP contribution in [0.3, 0.4) is 0 Å². The van der Waals surface area contributed by atoms with Crippen LogP contribution in [0, 0.1) is 0 Å². The number of carbonyl (C=O) groups excluding carboxylic acids is 1. The van der Waals surface area contributed by atoms with E-state index in [1.54, 1.807) is 17.5 Å². The molecule has 1 amide bonds. The zero-order chi connectivity index (χ0) is 15.6. The van der Waals surface area contributed by atoms with Gasteiger partial charge in [0.1, 0.15) is 5.69 Å². The molecule has 1 atom stereocenters. The van der Waals surface area contributed by atoms with Crippen molar-refractivity contribution in [1.82, 2.24) is 20.3 Å². The van der Waals surface area contributed by atoms with Gasteiger partial charge in [-0.05, 0) is 18.6 Å². The maximum absolute atomic E-state index is 12.4. The van der Waals surface area contributed by atoms with E-state index in [-0.39, 0.29) is 11.9 Å². The molecule has 1 unspecified atom stereocenters. The Hall–Kier alpha value is -2.54. The number of rotatable bonds is 3. The molecule has 6 nitrogen and oxygen atoms in total. The molecule has 1 aliphatic heterocycles. The van der Waals surface area contributed by atoms with Crippen LogP contribution in [-0.2, 0) is 0 Å². The predicted molar refractivity (Wildman–Crippen MR) is 89.7 cm³/mol. The Balaban J connectivity index is 1.45. The van der Waals surface area contributed by atoms with E-state index < -0.39 is 0 Å². The first-order valence-corrected chi connectivity index (χ1v) is 8.35.